The van der Waals surface area contributed by atoms with E-state index in [1.165, 1.54) is 4.90 Å². The Labute approximate surface area is 229 Å². The van der Waals surface area contributed by atoms with Crippen molar-refractivity contribution in [1.82, 2.24) is 20.5 Å². The van der Waals surface area contributed by atoms with Crippen LogP contribution in [-0.2, 0) is 14.3 Å². The molecule has 0 radical (unpaired) electrons. The van der Waals surface area contributed by atoms with Crippen molar-refractivity contribution >= 4 is 17.9 Å². The first-order chi connectivity index (χ1) is 18.3. The Morgan fingerprint density at radius 2 is 1.79 bits per heavy atom. The van der Waals surface area contributed by atoms with Crippen LogP contribution in [-0.4, -0.2) is 74.9 Å². The maximum absolute atomic E-state index is 13.5. The predicted octanol–water partition coefficient (Wildman–Crippen LogP) is 2.72. The Morgan fingerprint density at radius 3 is 2.36 bits per heavy atom. The van der Waals surface area contributed by atoms with Gasteiger partial charge in [-0.25, -0.2) is 4.79 Å². The van der Waals surface area contributed by atoms with Crippen molar-refractivity contribution in [3.63, 3.8) is 0 Å². The fourth-order valence-electron chi connectivity index (χ4n) is 4.63. The molecule has 3 rings (SSSR count). The van der Waals surface area contributed by atoms with E-state index in [9.17, 15) is 24.6 Å². The first-order valence-corrected chi connectivity index (χ1v) is 13.2. The minimum absolute atomic E-state index is 0.0418. The van der Waals surface area contributed by atoms with Crippen LogP contribution in [0.25, 0.3) is 11.1 Å². The fraction of sp³-hybridized carbons (Fsp3) is 0.517. The molecule has 0 unspecified atom stereocenters. The highest BCUT2D eigenvalue weighted by atomic mass is 16.6. The van der Waals surface area contributed by atoms with Gasteiger partial charge in [-0.3, -0.25) is 14.6 Å². The van der Waals surface area contributed by atoms with E-state index in [0.717, 1.165) is 16.7 Å². The second-order valence-corrected chi connectivity index (χ2v) is 11.3. The molecule has 4 atom stereocenters. The van der Waals surface area contributed by atoms with Crippen molar-refractivity contribution in [1.29, 1.82) is 0 Å². The summed E-state index contributed by atoms with van der Waals surface area (Å²) in [7, 11) is 0. The SMILES string of the molecule is Cc1cnccc1-c1ccc([C@H](CO)NC(=O)[C@@H]2C[C@@H](O)CN2C(=O)[C@@H](NC(=O)OC(C)(C)C)C(C)C)cc1. The lowest BCUT2D eigenvalue weighted by molar-refractivity contribution is -0.141. The number of pyridine rings is 1. The predicted molar refractivity (Wildman–Crippen MR) is 146 cm³/mol. The smallest absolute Gasteiger partial charge is 0.408 e. The molecule has 1 aliphatic rings. The van der Waals surface area contributed by atoms with Gasteiger partial charge in [-0.2, -0.15) is 0 Å². The van der Waals surface area contributed by atoms with Gasteiger partial charge in [-0.15, -0.1) is 0 Å². The summed E-state index contributed by atoms with van der Waals surface area (Å²) in [6.45, 7) is 10.3. The molecule has 0 spiro atoms. The molecule has 0 saturated carbocycles. The molecule has 4 N–H and O–H groups in total. The number of aliphatic hydroxyl groups is 2. The number of ether oxygens (including phenoxy) is 1. The van der Waals surface area contributed by atoms with Gasteiger partial charge in [0.05, 0.1) is 18.8 Å². The molecule has 2 heterocycles. The van der Waals surface area contributed by atoms with E-state index in [4.69, 9.17) is 4.74 Å². The Bertz CT molecular complexity index is 1160. The van der Waals surface area contributed by atoms with Crippen LogP contribution < -0.4 is 10.6 Å². The monoisotopic (exact) mass is 540 g/mol. The molecule has 39 heavy (non-hydrogen) atoms. The number of benzene rings is 1. The van der Waals surface area contributed by atoms with E-state index in [1.807, 2.05) is 37.3 Å². The van der Waals surface area contributed by atoms with E-state index in [1.54, 1.807) is 47.0 Å². The quantitative estimate of drug-likeness (QED) is 0.403. The van der Waals surface area contributed by atoms with E-state index < -0.39 is 47.7 Å². The van der Waals surface area contributed by atoms with Crippen LogP contribution in [0.5, 0.6) is 0 Å². The van der Waals surface area contributed by atoms with Gasteiger partial charge >= 0.3 is 6.09 Å². The van der Waals surface area contributed by atoms with Crippen molar-refractivity contribution in [2.24, 2.45) is 5.92 Å². The molecule has 1 saturated heterocycles. The molecule has 0 aliphatic carbocycles. The summed E-state index contributed by atoms with van der Waals surface area (Å²) < 4.78 is 5.31. The summed E-state index contributed by atoms with van der Waals surface area (Å²) >= 11 is 0. The van der Waals surface area contributed by atoms with Gasteiger partial charge in [-0.05, 0) is 61.9 Å². The Hall–Kier alpha value is -3.50. The number of carbonyl (C=O) groups is 3. The van der Waals surface area contributed by atoms with Crippen LogP contribution in [0.2, 0.25) is 0 Å². The lowest BCUT2D eigenvalue weighted by Gasteiger charge is -2.31. The molecule has 1 aromatic heterocycles. The van der Waals surface area contributed by atoms with Crippen molar-refractivity contribution in [2.45, 2.75) is 77.8 Å². The highest BCUT2D eigenvalue weighted by molar-refractivity contribution is 5.92. The number of amides is 3. The molecule has 10 heteroatoms. The zero-order chi connectivity index (χ0) is 28.9. The number of hydrogen-bond donors (Lipinski definition) is 4. The standard InChI is InChI=1S/C29H40N4O6/c1-17(2)25(32-28(38)39-29(4,5)6)27(37)33-15-21(35)13-24(33)26(36)31-23(16-34)20-9-7-19(8-10-20)22-11-12-30-14-18(22)3/h7-12,14,17,21,23-25,34-35H,13,15-16H2,1-6H3,(H,31,36)(H,32,38)/t21-,23+,24+,25+/m1/s1. The second-order valence-electron chi connectivity index (χ2n) is 11.3. The lowest BCUT2D eigenvalue weighted by atomic mass is 9.99. The lowest BCUT2D eigenvalue weighted by Crippen LogP contribution is -2.56. The van der Waals surface area contributed by atoms with Crippen LogP contribution in [0.4, 0.5) is 4.79 Å². The first-order valence-electron chi connectivity index (χ1n) is 13.2. The fourth-order valence-corrected chi connectivity index (χ4v) is 4.63. The largest absolute Gasteiger partial charge is 0.444 e. The van der Waals surface area contributed by atoms with E-state index in [0.29, 0.717) is 5.56 Å². The van der Waals surface area contributed by atoms with Crippen LogP contribution in [0.3, 0.4) is 0 Å². The highest BCUT2D eigenvalue weighted by Crippen LogP contribution is 2.26. The molecular weight excluding hydrogens is 500 g/mol. The number of rotatable bonds is 8. The molecule has 3 amide bonds. The third-order valence-electron chi connectivity index (χ3n) is 6.61. The topological polar surface area (TPSA) is 141 Å². The number of aliphatic hydroxyl groups excluding tert-OH is 2. The van der Waals surface area contributed by atoms with Crippen LogP contribution in [0, 0.1) is 12.8 Å². The Morgan fingerprint density at radius 1 is 1.13 bits per heavy atom. The number of hydrogen-bond acceptors (Lipinski definition) is 7. The number of aryl methyl sites for hydroxylation is 1. The Balaban J connectivity index is 1.74. The van der Waals surface area contributed by atoms with Crippen LogP contribution >= 0.6 is 0 Å². The van der Waals surface area contributed by atoms with Crippen molar-refractivity contribution < 1.29 is 29.3 Å². The summed E-state index contributed by atoms with van der Waals surface area (Å²) in [6, 6.07) is 6.81. The average Bonchev–Trinajstić information content (AvgIpc) is 3.26. The number of β-amino-alcohol motifs (C(OH)–C–C–N with tert-alkyl or cyclic N) is 1. The third kappa shape index (κ3) is 7.77. The number of carbonyl (C=O) groups excluding carboxylic acids is 3. The molecule has 10 nitrogen and oxygen atoms in total. The van der Waals surface area contributed by atoms with Gasteiger partial charge in [0.15, 0.2) is 0 Å². The minimum atomic E-state index is -0.957. The normalized spacial score (nSPS) is 18.9. The number of aromatic nitrogens is 1. The van der Waals surface area contributed by atoms with Gasteiger partial charge in [0.1, 0.15) is 17.7 Å². The third-order valence-corrected chi connectivity index (χ3v) is 6.61. The summed E-state index contributed by atoms with van der Waals surface area (Å²) in [5, 5.41) is 25.9. The van der Waals surface area contributed by atoms with Crippen molar-refractivity contribution in [2.75, 3.05) is 13.2 Å². The summed E-state index contributed by atoms with van der Waals surface area (Å²) in [6.07, 6.45) is 1.93. The van der Waals surface area contributed by atoms with Gasteiger partial charge in [0.2, 0.25) is 11.8 Å². The maximum atomic E-state index is 13.5. The average molecular weight is 541 g/mol. The highest BCUT2D eigenvalue weighted by Gasteiger charge is 2.43. The van der Waals surface area contributed by atoms with Crippen molar-refractivity contribution in [3.8, 4) is 11.1 Å². The van der Waals surface area contributed by atoms with Gasteiger partial charge in [0, 0.05) is 25.4 Å². The van der Waals surface area contributed by atoms with E-state index >= 15 is 0 Å². The Kier molecular flexibility index (Phi) is 9.68. The zero-order valence-electron chi connectivity index (χ0n) is 23.5. The molecule has 1 aromatic carbocycles. The molecular formula is C29H40N4O6. The second kappa shape index (κ2) is 12.6. The maximum Gasteiger partial charge on any atom is 0.408 e. The van der Waals surface area contributed by atoms with Gasteiger partial charge in [0.25, 0.3) is 0 Å². The minimum Gasteiger partial charge on any atom is -0.444 e. The number of nitrogens with one attached hydrogen (secondary N) is 2. The van der Waals surface area contributed by atoms with E-state index in [2.05, 4.69) is 15.6 Å². The summed E-state index contributed by atoms with van der Waals surface area (Å²) in [5.74, 6) is -1.27. The summed E-state index contributed by atoms with van der Waals surface area (Å²) in [5.41, 5.74) is 3.01. The molecule has 1 fully saturated rings. The number of likely N-dealkylation sites (tertiary alicyclic amines) is 1. The molecule has 212 valence electrons. The molecule has 2 aromatic rings. The van der Waals surface area contributed by atoms with E-state index in [-0.39, 0.29) is 25.5 Å². The van der Waals surface area contributed by atoms with Crippen LogP contribution in [0.15, 0.2) is 42.7 Å². The molecule has 0 bridgehead atoms. The van der Waals surface area contributed by atoms with Crippen LogP contribution in [0.1, 0.15) is 58.2 Å². The van der Waals surface area contributed by atoms with Gasteiger partial charge < -0.3 is 30.5 Å². The summed E-state index contributed by atoms with van der Waals surface area (Å²) in [4.78, 5) is 44.6. The first kappa shape index (κ1) is 30.0. The van der Waals surface area contributed by atoms with Crippen molar-refractivity contribution in [3.05, 3.63) is 53.9 Å². The zero-order valence-corrected chi connectivity index (χ0v) is 23.5. The molecule has 1 aliphatic heterocycles. The number of alkyl carbamates (subject to hydrolysis) is 1. The van der Waals surface area contributed by atoms with Gasteiger partial charge in [-0.1, -0.05) is 38.1 Å². The number of nitrogens with zero attached hydrogens (tertiary/aromatic N) is 2.